The van der Waals surface area contributed by atoms with Crippen LogP contribution in [0.5, 0.6) is 0 Å². The Balaban J connectivity index is 1.99. The number of rotatable bonds is 5. The smallest absolute Gasteiger partial charge is 0.240 e. The summed E-state index contributed by atoms with van der Waals surface area (Å²) in [5, 5.41) is 8.91. The summed E-state index contributed by atoms with van der Waals surface area (Å²) < 4.78 is 11.7. The number of pyridine rings is 1. The highest BCUT2D eigenvalue weighted by Crippen LogP contribution is 2.37. The molecule has 2 rings (SSSR count). The molecule has 23 heavy (non-hydrogen) atoms. The van der Waals surface area contributed by atoms with E-state index in [1.807, 2.05) is 0 Å². The lowest BCUT2D eigenvalue weighted by Gasteiger charge is -2.35. The van der Waals surface area contributed by atoms with Gasteiger partial charge >= 0.3 is 0 Å². The molecule has 2 aromatic rings. The summed E-state index contributed by atoms with van der Waals surface area (Å²) >= 11 is 11.8. The third-order valence-corrected chi connectivity index (χ3v) is 9.24. The van der Waals surface area contributed by atoms with Gasteiger partial charge in [0.1, 0.15) is 11.8 Å². The topological polar surface area (TPSA) is 61.0 Å². The third-order valence-electron chi connectivity index (χ3n) is 4.08. The highest BCUT2D eigenvalue weighted by Gasteiger charge is 2.37. The molecular weight excluding hydrogens is 353 g/mol. The van der Waals surface area contributed by atoms with Crippen LogP contribution in [0.3, 0.4) is 0 Å². The van der Waals surface area contributed by atoms with Crippen molar-refractivity contribution >= 4 is 31.5 Å². The Hall–Kier alpha value is -0.953. The van der Waals surface area contributed by atoms with Crippen molar-refractivity contribution in [2.45, 2.75) is 51.9 Å². The maximum absolute atomic E-state index is 6.07. The first kappa shape index (κ1) is 18.4. The monoisotopic (exact) mass is 373 g/mol. The van der Waals surface area contributed by atoms with Gasteiger partial charge in [-0.1, -0.05) is 44.0 Å². The summed E-state index contributed by atoms with van der Waals surface area (Å²) in [7, 11) is -1.84. The van der Waals surface area contributed by atoms with E-state index in [4.69, 9.17) is 32.0 Å². The molecule has 0 aromatic carbocycles. The maximum atomic E-state index is 6.07. The zero-order valence-corrected chi connectivity index (χ0v) is 16.5. The molecule has 5 nitrogen and oxygen atoms in total. The van der Waals surface area contributed by atoms with Gasteiger partial charge in [-0.05, 0) is 29.8 Å². The number of hydrogen-bond donors (Lipinski definition) is 0. The molecule has 0 aliphatic rings. The minimum Gasteiger partial charge on any atom is -0.422 e. The zero-order chi connectivity index (χ0) is 17.3. The lowest BCUT2D eigenvalue weighted by atomic mass is 10.2. The molecule has 0 N–H and O–H groups in total. The summed E-state index contributed by atoms with van der Waals surface area (Å²) in [6.45, 7) is 11.3. The highest BCUT2D eigenvalue weighted by molar-refractivity contribution is 6.74. The second-order valence-corrected chi connectivity index (χ2v) is 12.5. The molecule has 0 aliphatic heterocycles. The van der Waals surface area contributed by atoms with Crippen LogP contribution in [-0.2, 0) is 17.5 Å². The first-order valence-electron chi connectivity index (χ1n) is 7.33. The van der Waals surface area contributed by atoms with Gasteiger partial charge < -0.3 is 8.84 Å². The van der Waals surface area contributed by atoms with Crippen molar-refractivity contribution in [2.75, 3.05) is 0 Å². The van der Waals surface area contributed by atoms with Crippen molar-refractivity contribution in [1.82, 2.24) is 15.2 Å². The quantitative estimate of drug-likeness (QED) is 0.551. The number of nitrogens with zero attached hydrogens (tertiary/aromatic N) is 3. The average molecular weight is 374 g/mol. The van der Waals surface area contributed by atoms with Crippen molar-refractivity contribution in [3.05, 3.63) is 39.8 Å². The lowest BCUT2D eigenvalue weighted by Crippen LogP contribution is -2.40. The van der Waals surface area contributed by atoms with Crippen LogP contribution < -0.4 is 0 Å². The molecule has 0 atom stereocenters. The average Bonchev–Trinajstić information content (AvgIpc) is 2.87. The van der Waals surface area contributed by atoms with Crippen molar-refractivity contribution < 1.29 is 8.84 Å². The van der Waals surface area contributed by atoms with E-state index in [-0.39, 0.29) is 10.2 Å². The molecule has 0 fully saturated rings. The Morgan fingerprint density at radius 1 is 1.17 bits per heavy atom. The van der Waals surface area contributed by atoms with Crippen LogP contribution in [0.2, 0.25) is 28.3 Å². The second-order valence-electron chi connectivity index (χ2n) is 6.93. The SMILES string of the molecule is CC(C)(C)[Si](C)(C)OCc1nnc(Cc2cnc(Cl)c(Cl)c2)o1. The normalized spacial score (nSPS) is 12.7. The summed E-state index contributed by atoms with van der Waals surface area (Å²) in [6, 6.07) is 1.74. The second kappa shape index (κ2) is 6.89. The molecule has 2 heterocycles. The Labute approximate surface area is 147 Å². The summed E-state index contributed by atoms with van der Waals surface area (Å²) in [6.07, 6.45) is 2.10. The van der Waals surface area contributed by atoms with Gasteiger partial charge in [-0.3, -0.25) is 0 Å². The predicted molar refractivity (Wildman–Crippen MR) is 93.3 cm³/mol. The van der Waals surface area contributed by atoms with Gasteiger partial charge in [0.25, 0.3) is 0 Å². The molecule has 0 aliphatic carbocycles. The standard InChI is InChI=1S/C15H21Cl2N3O2Si/c1-15(2,3)23(4,5)21-9-13-20-19-12(22-13)7-10-6-11(16)14(17)18-8-10/h6,8H,7,9H2,1-5H3. The summed E-state index contributed by atoms with van der Waals surface area (Å²) in [5.74, 6) is 0.983. The molecule has 0 saturated carbocycles. The zero-order valence-electron chi connectivity index (χ0n) is 14.0. The van der Waals surface area contributed by atoms with Gasteiger partial charge in [0.05, 0.1) is 11.4 Å². The van der Waals surface area contributed by atoms with E-state index in [0.717, 1.165) is 5.56 Å². The van der Waals surface area contributed by atoms with Crippen LogP contribution in [0.15, 0.2) is 16.7 Å². The van der Waals surface area contributed by atoms with Gasteiger partial charge in [0, 0.05) is 6.20 Å². The van der Waals surface area contributed by atoms with Gasteiger partial charge in [-0.2, -0.15) is 0 Å². The first-order valence-corrected chi connectivity index (χ1v) is 11.0. The molecule has 0 saturated heterocycles. The predicted octanol–water partition coefficient (Wildman–Crippen LogP) is 4.88. The molecule has 0 spiro atoms. The minimum atomic E-state index is -1.84. The molecule has 126 valence electrons. The van der Waals surface area contributed by atoms with Crippen molar-refractivity contribution in [3.8, 4) is 0 Å². The van der Waals surface area contributed by atoms with Gasteiger partial charge in [-0.25, -0.2) is 4.98 Å². The molecule has 2 aromatic heterocycles. The Bertz CT molecular complexity index is 684. The Morgan fingerprint density at radius 3 is 2.43 bits per heavy atom. The summed E-state index contributed by atoms with van der Waals surface area (Å²) in [4.78, 5) is 4.00. The van der Waals surface area contributed by atoms with Crippen molar-refractivity contribution in [2.24, 2.45) is 0 Å². The lowest BCUT2D eigenvalue weighted by molar-refractivity contribution is 0.237. The molecular formula is C15H21Cl2N3O2Si. The van der Waals surface area contributed by atoms with Gasteiger partial charge in [0.2, 0.25) is 11.8 Å². The Morgan fingerprint density at radius 2 is 1.83 bits per heavy atom. The van der Waals surface area contributed by atoms with Crippen LogP contribution in [0.1, 0.15) is 38.1 Å². The highest BCUT2D eigenvalue weighted by atomic mass is 35.5. The number of hydrogen-bond acceptors (Lipinski definition) is 5. The minimum absolute atomic E-state index is 0.140. The maximum Gasteiger partial charge on any atom is 0.240 e. The van der Waals surface area contributed by atoms with E-state index in [1.165, 1.54) is 0 Å². The summed E-state index contributed by atoms with van der Waals surface area (Å²) in [5.41, 5.74) is 0.861. The van der Waals surface area contributed by atoms with Crippen LogP contribution in [-0.4, -0.2) is 23.5 Å². The van der Waals surface area contributed by atoms with Crippen LogP contribution in [0.4, 0.5) is 0 Å². The third kappa shape index (κ3) is 4.76. The van der Waals surface area contributed by atoms with E-state index >= 15 is 0 Å². The number of halogens is 2. The molecule has 0 bridgehead atoms. The van der Waals surface area contributed by atoms with E-state index < -0.39 is 8.32 Å². The number of aromatic nitrogens is 3. The largest absolute Gasteiger partial charge is 0.422 e. The van der Waals surface area contributed by atoms with E-state index in [9.17, 15) is 0 Å². The van der Waals surface area contributed by atoms with E-state index in [0.29, 0.717) is 29.8 Å². The molecule has 0 unspecified atom stereocenters. The molecule has 0 amide bonds. The van der Waals surface area contributed by atoms with Crippen LogP contribution in [0.25, 0.3) is 0 Å². The van der Waals surface area contributed by atoms with Crippen molar-refractivity contribution in [3.63, 3.8) is 0 Å². The van der Waals surface area contributed by atoms with Gasteiger partial charge in [-0.15, -0.1) is 10.2 Å². The van der Waals surface area contributed by atoms with Crippen LogP contribution in [0, 0.1) is 0 Å². The van der Waals surface area contributed by atoms with E-state index in [2.05, 4.69) is 49.0 Å². The molecule has 8 heteroatoms. The van der Waals surface area contributed by atoms with Crippen LogP contribution >= 0.6 is 23.2 Å². The van der Waals surface area contributed by atoms with Gasteiger partial charge in [0.15, 0.2) is 8.32 Å². The Kier molecular flexibility index (Phi) is 5.50. The first-order chi connectivity index (χ1) is 10.6. The molecule has 0 radical (unpaired) electrons. The van der Waals surface area contributed by atoms with Crippen molar-refractivity contribution in [1.29, 1.82) is 0 Å². The fourth-order valence-electron chi connectivity index (χ4n) is 1.61. The fourth-order valence-corrected chi connectivity index (χ4v) is 2.82. The fraction of sp³-hybridized carbons (Fsp3) is 0.533. The van der Waals surface area contributed by atoms with E-state index in [1.54, 1.807) is 12.3 Å².